The lowest BCUT2D eigenvalue weighted by atomic mass is 10.0. The third-order valence-corrected chi connectivity index (χ3v) is 7.09. The number of fused-ring (bicyclic) bond motifs is 2. The highest BCUT2D eigenvalue weighted by Gasteiger charge is 2.60. The van der Waals surface area contributed by atoms with Crippen LogP contribution in [0.5, 0.6) is 0 Å². The normalized spacial score (nSPS) is 20.1. The van der Waals surface area contributed by atoms with Gasteiger partial charge in [-0.1, -0.05) is 36.4 Å². The van der Waals surface area contributed by atoms with Gasteiger partial charge in [0.1, 0.15) is 11.6 Å². The van der Waals surface area contributed by atoms with E-state index in [1.165, 1.54) is 34.9 Å². The Morgan fingerprint density at radius 3 is 2.58 bits per heavy atom. The molecule has 1 atom stereocenters. The number of halogens is 2. The van der Waals surface area contributed by atoms with Crippen LogP contribution in [0.15, 0.2) is 66.7 Å². The smallest absolute Gasteiger partial charge is 0.269 e. The molecule has 0 aromatic heterocycles. The summed E-state index contributed by atoms with van der Waals surface area (Å²) in [4.78, 5) is 28.5. The maximum Gasteiger partial charge on any atom is 0.269 e. The number of carbonyl (C=O) groups excluding carboxylic acids is 2. The molecule has 2 aliphatic heterocycles. The Kier molecular flexibility index (Phi) is 4.59. The first kappa shape index (κ1) is 19.8. The van der Waals surface area contributed by atoms with Gasteiger partial charge in [0.25, 0.3) is 5.91 Å². The van der Waals surface area contributed by atoms with Crippen molar-refractivity contribution >= 4 is 35.0 Å². The number of anilines is 2. The maximum absolute atomic E-state index is 14.4. The van der Waals surface area contributed by atoms with Gasteiger partial charge in [0.15, 0.2) is 0 Å². The summed E-state index contributed by atoms with van der Waals surface area (Å²) in [5.74, 6) is -1.27. The van der Waals surface area contributed by atoms with E-state index in [0.717, 1.165) is 0 Å². The molecule has 4 nitrogen and oxygen atoms in total. The third-order valence-electron chi connectivity index (χ3n) is 5.71. The van der Waals surface area contributed by atoms with Crippen LogP contribution >= 0.6 is 11.8 Å². The van der Waals surface area contributed by atoms with Crippen molar-refractivity contribution in [3.05, 3.63) is 95.1 Å². The molecule has 0 radical (unpaired) electrons. The van der Waals surface area contributed by atoms with Gasteiger partial charge in [0, 0.05) is 11.3 Å². The van der Waals surface area contributed by atoms with Crippen molar-refractivity contribution in [3.63, 3.8) is 0 Å². The second-order valence-corrected chi connectivity index (χ2v) is 8.80. The fraction of sp³-hybridized carbons (Fsp3) is 0.167. The van der Waals surface area contributed by atoms with Crippen molar-refractivity contribution < 1.29 is 18.4 Å². The van der Waals surface area contributed by atoms with E-state index in [4.69, 9.17) is 0 Å². The fourth-order valence-corrected chi connectivity index (χ4v) is 5.61. The average Bonchev–Trinajstić information content (AvgIpc) is 3.22. The lowest BCUT2D eigenvalue weighted by molar-refractivity contribution is -0.123. The van der Waals surface area contributed by atoms with E-state index >= 15 is 0 Å². The summed E-state index contributed by atoms with van der Waals surface area (Å²) in [6, 6.07) is 17.9. The molecule has 3 aromatic rings. The van der Waals surface area contributed by atoms with Crippen LogP contribution < -0.4 is 9.80 Å². The highest BCUT2D eigenvalue weighted by molar-refractivity contribution is 8.02. The van der Waals surface area contributed by atoms with Crippen LogP contribution in [0.1, 0.15) is 16.7 Å². The Bertz CT molecular complexity index is 1230. The monoisotopic (exact) mass is 436 g/mol. The molecule has 7 heteroatoms. The summed E-state index contributed by atoms with van der Waals surface area (Å²) >= 11 is 1.23. The van der Waals surface area contributed by atoms with Crippen LogP contribution in [-0.2, 0) is 21.0 Å². The molecule has 156 valence electrons. The topological polar surface area (TPSA) is 40.6 Å². The van der Waals surface area contributed by atoms with Crippen molar-refractivity contribution in [1.82, 2.24) is 0 Å². The number of rotatable bonds is 3. The van der Waals surface area contributed by atoms with Crippen LogP contribution in [0.2, 0.25) is 0 Å². The number of hydrogen-bond acceptors (Lipinski definition) is 3. The molecule has 0 N–H and O–H groups in total. The molecule has 1 saturated heterocycles. The Morgan fingerprint density at radius 1 is 1.00 bits per heavy atom. The molecule has 3 aromatic carbocycles. The minimum absolute atomic E-state index is 0.101. The molecule has 0 aliphatic carbocycles. The van der Waals surface area contributed by atoms with E-state index in [9.17, 15) is 18.4 Å². The molecular formula is C24H18F2N2O2S. The first-order valence-electron chi connectivity index (χ1n) is 9.81. The van der Waals surface area contributed by atoms with Crippen LogP contribution in [0.4, 0.5) is 20.2 Å². The molecule has 0 bridgehead atoms. The Morgan fingerprint density at radius 2 is 1.81 bits per heavy atom. The summed E-state index contributed by atoms with van der Waals surface area (Å²) in [6.45, 7) is 1.81. The van der Waals surface area contributed by atoms with Gasteiger partial charge in [-0.05, 0) is 48.4 Å². The molecule has 2 amide bonds. The van der Waals surface area contributed by atoms with E-state index in [1.54, 1.807) is 36.1 Å². The number of aryl methyl sites for hydroxylation is 1. The summed E-state index contributed by atoms with van der Waals surface area (Å²) in [7, 11) is 0. The number of benzene rings is 3. The summed E-state index contributed by atoms with van der Waals surface area (Å²) in [5, 5.41) is 0. The van der Waals surface area contributed by atoms with Gasteiger partial charge in [-0.15, -0.1) is 11.8 Å². The quantitative estimate of drug-likeness (QED) is 0.595. The van der Waals surface area contributed by atoms with Gasteiger partial charge in [0.2, 0.25) is 10.8 Å². The number of amides is 2. The second kappa shape index (κ2) is 7.20. The zero-order valence-corrected chi connectivity index (χ0v) is 17.5. The lowest BCUT2D eigenvalue weighted by Gasteiger charge is -2.33. The highest BCUT2D eigenvalue weighted by atomic mass is 32.2. The van der Waals surface area contributed by atoms with Crippen molar-refractivity contribution in [3.8, 4) is 0 Å². The zero-order chi connectivity index (χ0) is 21.8. The molecule has 5 rings (SSSR count). The van der Waals surface area contributed by atoms with Gasteiger partial charge < -0.3 is 4.90 Å². The summed E-state index contributed by atoms with van der Waals surface area (Å²) < 4.78 is 28.1. The minimum atomic E-state index is -1.32. The number of hydrogen-bond donors (Lipinski definition) is 0. The average molecular weight is 436 g/mol. The largest absolute Gasteiger partial charge is 0.304 e. The van der Waals surface area contributed by atoms with Gasteiger partial charge in [-0.25, -0.2) is 8.78 Å². The van der Waals surface area contributed by atoms with E-state index in [-0.39, 0.29) is 29.9 Å². The molecule has 2 aliphatic rings. The predicted molar refractivity (Wildman–Crippen MR) is 117 cm³/mol. The van der Waals surface area contributed by atoms with Gasteiger partial charge in [-0.2, -0.15) is 0 Å². The highest BCUT2D eigenvalue weighted by Crippen LogP contribution is 2.56. The number of thioether (sulfide) groups is 1. The van der Waals surface area contributed by atoms with Gasteiger partial charge in [-0.3, -0.25) is 14.5 Å². The molecule has 2 heterocycles. The molecule has 1 unspecified atom stereocenters. The lowest BCUT2D eigenvalue weighted by Crippen LogP contribution is -2.49. The van der Waals surface area contributed by atoms with E-state index in [0.29, 0.717) is 28.1 Å². The van der Waals surface area contributed by atoms with Crippen LogP contribution in [0.25, 0.3) is 0 Å². The van der Waals surface area contributed by atoms with Crippen LogP contribution in [0, 0.1) is 18.6 Å². The first-order valence-corrected chi connectivity index (χ1v) is 10.8. The number of para-hydroxylation sites is 1. The van der Waals surface area contributed by atoms with E-state index in [1.807, 2.05) is 24.3 Å². The van der Waals surface area contributed by atoms with Crippen LogP contribution in [0.3, 0.4) is 0 Å². The third kappa shape index (κ3) is 2.95. The first-order chi connectivity index (χ1) is 14.9. The van der Waals surface area contributed by atoms with Crippen molar-refractivity contribution in [2.75, 3.05) is 15.6 Å². The molecule has 31 heavy (non-hydrogen) atoms. The Hall–Kier alpha value is -3.19. The predicted octanol–water partition coefficient (Wildman–Crippen LogP) is 4.75. The van der Waals surface area contributed by atoms with Crippen LogP contribution in [-0.4, -0.2) is 17.6 Å². The van der Waals surface area contributed by atoms with Crippen molar-refractivity contribution in [2.45, 2.75) is 18.3 Å². The number of nitrogens with zero attached hydrogens (tertiary/aromatic N) is 2. The SMILES string of the molecule is Cc1ccc(N2C(=O)CSC23C(=O)N(Cc2cccc(F)c2)c2ccccc23)cc1F. The molecule has 0 saturated carbocycles. The van der Waals surface area contributed by atoms with E-state index in [2.05, 4.69) is 0 Å². The molecule has 1 fully saturated rings. The second-order valence-electron chi connectivity index (χ2n) is 7.63. The zero-order valence-electron chi connectivity index (χ0n) is 16.6. The molecule has 1 spiro atoms. The van der Waals surface area contributed by atoms with Gasteiger partial charge >= 0.3 is 0 Å². The minimum Gasteiger partial charge on any atom is -0.304 e. The van der Waals surface area contributed by atoms with Gasteiger partial charge in [0.05, 0.1) is 18.0 Å². The summed E-state index contributed by atoms with van der Waals surface area (Å²) in [6.07, 6.45) is 0. The number of carbonyl (C=O) groups is 2. The standard InChI is InChI=1S/C24H18F2N2O2S/c1-15-9-10-18(12-20(15)26)28-22(29)14-31-24(28)19-7-2-3-8-21(19)27(23(24)30)13-16-5-4-6-17(25)11-16/h2-12H,13-14H2,1H3. The van der Waals surface area contributed by atoms with Crippen molar-refractivity contribution in [1.29, 1.82) is 0 Å². The van der Waals surface area contributed by atoms with E-state index < -0.39 is 10.7 Å². The maximum atomic E-state index is 14.4. The van der Waals surface area contributed by atoms with Crippen molar-refractivity contribution in [2.24, 2.45) is 0 Å². The fourth-order valence-electron chi connectivity index (χ4n) is 4.25. The Balaban J connectivity index is 1.65. The Labute approximate surface area is 182 Å². The summed E-state index contributed by atoms with van der Waals surface area (Å²) in [5.41, 5.74) is 2.78. The molecular weight excluding hydrogens is 418 g/mol.